The molecule has 0 saturated heterocycles. The Bertz CT molecular complexity index is 569. The lowest BCUT2D eigenvalue weighted by molar-refractivity contribution is -0.165. The second-order valence-electron chi connectivity index (χ2n) is 5.61. The molecule has 0 radical (unpaired) electrons. The summed E-state index contributed by atoms with van der Waals surface area (Å²) in [4.78, 5) is 15.4. The first kappa shape index (κ1) is 18.5. The number of hydrogen-bond donors (Lipinski definition) is 0. The third kappa shape index (κ3) is 4.37. The molecule has 4 nitrogen and oxygen atoms in total. The maximum Gasteiger partial charge on any atom is 0.330 e. The van der Waals surface area contributed by atoms with Gasteiger partial charge < -0.3 is 14.5 Å². The molecule has 1 aromatic rings. The van der Waals surface area contributed by atoms with Crippen molar-refractivity contribution in [3.8, 4) is 0 Å². The van der Waals surface area contributed by atoms with Gasteiger partial charge in [0.2, 0.25) is 5.91 Å². The number of carbonyl (C=O) groups excluding carboxylic acids is 1. The number of para-hydroxylation sites is 2. The normalized spacial score (nSPS) is 15.4. The highest BCUT2D eigenvalue weighted by Gasteiger charge is 2.40. The van der Waals surface area contributed by atoms with Crippen LogP contribution in [-0.4, -0.2) is 51.1 Å². The van der Waals surface area contributed by atoms with Crippen molar-refractivity contribution in [1.29, 1.82) is 0 Å². The number of rotatable bonds is 6. The first-order chi connectivity index (χ1) is 11.3. The quantitative estimate of drug-likeness (QED) is 0.585. The molecule has 2 rings (SSSR count). The maximum absolute atomic E-state index is 12.8. The van der Waals surface area contributed by atoms with Crippen molar-refractivity contribution in [2.75, 3.05) is 42.6 Å². The largest absolute Gasteiger partial charge is 0.373 e. The Morgan fingerprint density at radius 3 is 2.54 bits per heavy atom. The molecule has 0 fully saturated rings. The molecule has 8 heteroatoms. The summed E-state index contributed by atoms with van der Waals surface area (Å²) in [5, 5.41) is 0. The van der Waals surface area contributed by atoms with Crippen LogP contribution in [0.25, 0.3) is 0 Å². The average molecular weight is 348 g/mol. The number of amides is 1. The molecule has 0 atom stereocenters. The van der Waals surface area contributed by atoms with Gasteiger partial charge in [-0.15, -0.1) is 0 Å². The third-order valence-electron chi connectivity index (χ3n) is 3.82. The summed E-state index contributed by atoms with van der Waals surface area (Å²) in [6, 6.07) is 7.30. The van der Waals surface area contributed by atoms with Gasteiger partial charge in [0.1, 0.15) is 6.61 Å². The summed E-state index contributed by atoms with van der Waals surface area (Å²) in [5.41, 5.74) is 1.55. The van der Waals surface area contributed by atoms with Gasteiger partial charge in [-0.1, -0.05) is 12.1 Å². The van der Waals surface area contributed by atoms with Gasteiger partial charge in [-0.05, 0) is 18.6 Å². The molecule has 0 bridgehead atoms. The Morgan fingerprint density at radius 2 is 1.92 bits per heavy atom. The lowest BCUT2D eigenvalue weighted by Gasteiger charge is -2.26. The third-order valence-corrected chi connectivity index (χ3v) is 3.82. The fourth-order valence-electron chi connectivity index (χ4n) is 2.63. The number of alkyl halides is 4. The molecular weight excluding hydrogens is 328 g/mol. The van der Waals surface area contributed by atoms with E-state index >= 15 is 0 Å². The molecule has 0 aliphatic carbocycles. The van der Waals surface area contributed by atoms with Crippen molar-refractivity contribution >= 4 is 17.3 Å². The van der Waals surface area contributed by atoms with Gasteiger partial charge in [0.05, 0.1) is 18.0 Å². The van der Waals surface area contributed by atoms with E-state index in [-0.39, 0.29) is 19.1 Å². The van der Waals surface area contributed by atoms with Gasteiger partial charge in [0.15, 0.2) is 0 Å². The number of ether oxygens (including phenoxy) is 1. The second-order valence-corrected chi connectivity index (χ2v) is 5.61. The number of fused-ring (bicyclic) bond motifs is 1. The molecule has 134 valence electrons. The lowest BCUT2D eigenvalue weighted by Crippen LogP contribution is -2.34. The SMILES string of the molecule is CC(=O)N1CCCN(CCOCC(F)(F)C(F)F)c2ccccc21. The Balaban J connectivity index is 2.00. The number of hydrogen-bond acceptors (Lipinski definition) is 3. The van der Waals surface area contributed by atoms with E-state index in [0.29, 0.717) is 19.5 Å². The topological polar surface area (TPSA) is 32.8 Å². The zero-order valence-electron chi connectivity index (χ0n) is 13.4. The molecule has 0 aromatic heterocycles. The Labute approximate surface area is 138 Å². The van der Waals surface area contributed by atoms with Crippen LogP contribution in [0.15, 0.2) is 24.3 Å². The number of benzene rings is 1. The van der Waals surface area contributed by atoms with E-state index in [1.165, 1.54) is 6.92 Å². The molecule has 0 spiro atoms. The van der Waals surface area contributed by atoms with Gasteiger partial charge in [0, 0.05) is 26.6 Å². The van der Waals surface area contributed by atoms with Gasteiger partial charge in [-0.2, -0.15) is 8.78 Å². The van der Waals surface area contributed by atoms with Crippen LogP contribution in [0.2, 0.25) is 0 Å². The van der Waals surface area contributed by atoms with E-state index in [2.05, 4.69) is 0 Å². The van der Waals surface area contributed by atoms with Crippen LogP contribution in [0.5, 0.6) is 0 Å². The molecule has 1 amide bonds. The Kier molecular flexibility index (Phi) is 6.04. The van der Waals surface area contributed by atoms with Crippen LogP contribution < -0.4 is 9.80 Å². The summed E-state index contributed by atoms with van der Waals surface area (Å²) in [6.07, 6.45) is -3.03. The zero-order chi connectivity index (χ0) is 17.7. The molecule has 1 aliphatic rings. The van der Waals surface area contributed by atoms with Gasteiger partial charge in [0.25, 0.3) is 0 Å². The summed E-state index contributed by atoms with van der Waals surface area (Å²) in [5.74, 6) is -4.21. The van der Waals surface area contributed by atoms with Crippen LogP contribution in [0, 0.1) is 0 Å². The molecule has 1 aliphatic heterocycles. The van der Waals surface area contributed by atoms with Gasteiger partial charge in [-0.3, -0.25) is 4.79 Å². The minimum absolute atomic E-state index is 0.0721. The number of anilines is 2. The fourth-order valence-corrected chi connectivity index (χ4v) is 2.63. The highest BCUT2D eigenvalue weighted by molar-refractivity contribution is 5.95. The predicted octanol–water partition coefficient (Wildman–Crippen LogP) is 3.17. The highest BCUT2D eigenvalue weighted by atomic mass is 19.3. The van der Waals surface area contributed by atoms with Crippen molar-refractivity contribution in [1.82, 2.24) is 0 Å². The zero-order valence-corrected chi connectivity index (χ0v) is 13.4. The van der Waals surface area contributed by atoms with Crippen LogP contribution in [0.3, 0.4) is 0 Å². The van der Waals surface area contributed by atoms with E-state index in [0.717, 1.165) is 11.4 Å². The van der Waals surface area contributed by atoms with Crippen molar-refractivity contribution in [3.63, 3.8) is 0 Å². The number of carbonyl (C=O) groups is 1. The first-order valence-electron chi connectivity index (χ1n) is 7.68. The molecule has 0 unspecified atom stereocenters. The molecule has 24 heavy (non-hydrogen) atoms. The molecule has 0 saturated carbocycles. The summed E-state index contributed by atoms with van der Waals surface area (Å²) < 4.78 is 54.6. The van der Waals surface area contributed by atoms with Crippen LogP contribution >= 0.6 is 0 Å². The van der Waals surface area contributed by atoms with E-state index in [4.69, 9.17) is 4.74 Å². The molecular formula is C16H20F4N2O2. The minimum atomic E-state index is -4.14. The lowest BCUT2D eigenvalue weighted by atomic mass is 10.2. The van der Waals surface area contributed by atoms with E-state index in [9.17, 15) is 22.4 Å². The van der Waals surface area contributed by atoms with E-state index < -0.39 is 19.0 Å². The molecule has 1 heterocycles. The van der Waals surface area contributed by atoms with E-state index in [1.54, 1.807) is 4.90 Å². The summed E-state index contributed by atoms with van der Waals surface area (Å²) >= 11 is 0. The number of halogens is 4. The van der Waals surface area contributed by atoms with Crippen molar-refractivity contribution < 1.29 is 27.1 Å². The van der Waals surface area contributed by atoms with Gasteiger partial charge >= 0.3 is 12.3 Å². The minimum Gasteiger partial charge on any atom is -0.373 e. The van der Waals surface area contributed by atoms with Crippen molar-refractivity contribution in [2.45, 2.75) is 25.7 Å². The summed E-state index contributed by atoms with van der Waals surface area (Å²) in [7, 11) is 0. The average Bonchev–Trinajstić information content (AvgIpc) is 2.71. The Hall–Kier alpha value is -1.83. The van der Waals surface area contributed by atoms with Gasteiger partial charge in [-0.25, -0.2) is 8.78 Å². The summed E-state index contributed by atoms with van der Waals surface area (Å²) in [6.45, 7) is 1.54. The van der Waals surface area contributed by atoms with E-state index in [1.807, 2.05) is 29.2 Å². The maximum atomic E-state index is 12.8. The molecule has 1 aromatic carbocycles. The second kappa shape index (κ2) is 7.83. The highest BCUT2D eigenvalue weighted by Crippen LogP contribution is 2.32. The van der Waals surface area contributed by atoms with Crippen LogP contribution in [0.1, 0.15) is 13.3 Å². The fraction of sp³-hybridized carbons (Fsp3) is 0.562. The predicted molar refractivity (Wildman–Crippen MR) is 83.1 cm³/mol. The molecule has 0 N–H and O–H groups in total. The van der Waals surface area contributed by atoms with Crippen molar-refractivity contribution in [2.24, 2.45) is 0 Å². The van der Waals surface area contributed by atoms with Crippen molar-refractivity contribution in [3.05, 3.63) is 24.3 Å². The van der Waals surface area contributed by atoms with Crippen LogP contribution in [-0.2, 0) is 9.53 Å². The first-order valence-corrected chi connectivity index (χ1v) is 7.68. The number of nitrogens with zero attached hydrogens (tertiary/aromatic N) is 2. The monoisotopic (exact) mass is 348 g/mol. The smallest absolute Gasteiger partial charge is 0.330 e. The Morgan fingerprint density at radius 1 is 1.25 bits per heavy atom. The standard InChI is InChI=1S/C16H20F4N2O2/c1-12(23)22-8-4-7-21(13-5-2-3-6-14(13)22)9-10-24-11-16(19,20)15(17)18/h2-3,5-6,15H,4,7-11H2,1H3. The van der Waals surface area contributed by atoms with Crippen LogP contribution in [0.4, 0.5) is 28.9 Å².